The smallest absolute Gasteiger partial charge is 0.174 e. The number of nitrogens with zero attached hydrogens (tertiary/aromatic N) is 4. The lowest BCUT2D eigenvalue weighted by atomic mass is 10.0. The van der Waals surface area contributed by atoms with Crippen molar-refractivity contribution in [3.8, 4) is 0 Å². The minimum Gasteiger partial charge on any atom is -0.384 e. The van der Waals surface area contributed by atoms with Gasteiger partial charge >= 0.3 is 0 Å². The Morgan fingerprint density at radius 3 is 2.60 bits per heavy atom. The lowest BCUT2D eigenvalue weighted by molar-refractivity contribution is 0.779. The second-order valence-electron chi connectivity index (χ2n) is 4.35. The molecule has 0 aromatic carbocycles. The maximum atomic E-state index is 7.84. The number of hydrogen-bond donors (Lipinski definition) is 2. The van der Waals surface area contributed by atoms with E-state index in [4.69, 9.17) is 11.1 Å². The molecule has 2 heterocycles. The first kappa shape index (κ1) is 14.5. The number of aromatic nitrogens is 4. The summed E-state index contributed by atoms with van der Waals surface area (Å²) in [6.07, 6.45) is 5.15. The molecule has 106 valence electrons. The van der Waals surface area contributed by atoms with E-state index in [0.717, 1.165) is 29.3 Å². The zero-order valence-corrected chi connectivity index (χ0v) is 12.7. The number of hydrogen-bond acceptors (Lipinski definition) is 5. The quantitative estimate of drug-likeness (QED) is 0.646. The van der Waals surface area contributed by atoms with Crippen LogP contribution < -0.4 is 5.73 Å². The van der Waals surface area contributed by atoms with Crippen LogP contribution >= 0.6 is 11.8 Å². The highest BCUT2D eigenvalue weighted by Gasteiger charge is 2.18. The molecule has 2 aromatic heterocycles. The van der Waals surface area contributed by atoms with Crippen molar-refractivity contribution < 1.29 is 0 Å². The van der Waals surface area contributed by atoms with E-state index in [-0.39, 0.29) is 5.84 Å². The van der Waals surface area contributed by atoms with Crippen LogP contribution in [-0.2, 0) is 19.9 Å². The van der Waals surface area contributed by atoms with Crippen molar-refractivity contribution in [2.75, 3.05) is 0 Å². The molecule has 0 aliphatic heterocycles. The highest BCUT2D eigenvalue weighted by molar-refractivity contribution is 7.99. The summed E-state index contributed by atoms with van der Waals surface area (Å²) in [7, 11) is 1.91. The van der Waals surface area contributed by atoms with Crippen LogP contribution in [0, 0.1) is 5.41 Å². The largest absolute Gasteiger partial charge is 0.384 e. The van der Waals surface area contributed by atoms with E-state index in [2.05, 4.69) is 15.2 Å². The Morgan fingerprint density at radius 1 is 1.35 bits per heavy atom. The molecular formula is C13H18N6S. The number of amidine groups is 1. The average Bonchev–Trinajstić information content (AvgIpc) is 2.83. The van der Waals surface area contributed by atoms with Crippen LogP contribution in [0.15, 0.2) is 22.6 Å². The lowest BCUT2D eigenvalue weighted by Crippen LogP contribution is -2.18. The molecule has 0 amide bonds. The molecule has 0 spiro atoms. The first-order chi connectivity index (χ1) is 9.58. The molecule has 0 aliphatic rings. The topological polar surface area (TPSA) is 93.5 Å². The van der Waals surface area contributed by atoms with Crippen molar-refractivity contribution >= 4 is 17.6 Å². The normalized spacial score (nSPS) is 10.8. The van der Waals surface area contributed by atoms with Crippen LogP contribution in [-0.4, -0.2) is 25.6 Å². The number of nitrogen functional groups attached to an aromatic ring is 1. The van der Waals surface area contributed by atoms with Crippen molar-refractivity contribution in [2.24, 2.45) is 12.8 Å². The molecule has 2 aromatic rings. The molecule has 0 unspecified atom stereocenters. The molecular weight excluding hydrogens is 272 g/mol. The summed E-state index contributed by atoms with van der Waals surface area (Å²) in [5.74, 6) is 0.0307. The van der Waals surface area contributed by atoms with Gasteiger partial charge in [0.15, 0.2) is 5.16 Å². The van der Waals surface area contributed by atoms with E-state index in [9.17, 15) is 0 Å². The van der Waals surface area contributed by atoms with Crippen molar-refractivity contribution in [3.63, 3.8) is 0 Å². The fourth-order valence-electron chi connectivity index (χ4n) is 2.04. The first-order valence-corrected chi connectivity index (χ1v) is 7.28. The van der Waals surface area contributed by atoms with E-state index in [0.29, 0.717) is 10.6 Å². The fraction of sp³-hybridized carbons (Fsp3) is 0.385. The molecule has 20 heavy (non-hydrogen) atoms. The van der Waals surface area contributed by atoms with Crippen molar-refractivity contribution in [3.05, 3.63) is 29.2 Å². The molecule has 2 rings (SSSR count). The van der Waals surface area contributed by atoms with E-state index < -0.39 is 0 Å². The summed E-state index contributed by atoms with van der Waals surface area (Å²) < 4.78 is 1.90. The molecule has 0 saturated heterocycles. The van der Waals surface area contributed by atoms with Crippen molar-refractivity contribution in [2.45, 2.75) is 36.9 Å². The predicted molar refractivity (Wildman–Crippen MR) is 79.1 cm³/mol. The van der Waals surface area contributed by atoms with Gasteiger partial charge in [-0.1, -0.05) is 13.8 Å². The van der Waals surface area contributed by atoms with Gasteiger partial charge in [0.1, 0.15) is 10.9 Å². The third kappa shape index (κ3) is 2.67. The van der Waals surface area contributed by atoms with Crippen LogP contribution in [0.25, 0.3) is 0 Å². The summed E-state index contributed by atoms with van der Waals surface area (Å²) in [5.41, 5.74) is 8.35. The van der Waals surface area contributed by atoms with Gasteiger partial charge in [0, 0.05) is 19.4 Å². The number of aryl methyl sites for hydroxylation is 2. The van der Waals surface area contributed by atoms with E-state index in [1.807, 2.05) is 31.7 Å². The minimum absolute atomic E-state index is 0.0307. The van der Waals surface area contributed by atoms with Gasteiger partial charge in [0.25, 0.3) is 0 Å². The van der Waals surface area contributed by atoms with Crippen LogP contribution in [0.1, 0.15) is 30.7 Å². The standard InChI is InChI=1S/C13H18N6S/c1-4-8-9(5-2)17-18-12(10(8)11(14)15)20-13-16-6-7-19(13)3/h6-7H,4-5H2,1-3H3,(H3,14,15). The summed E-state index contributed by atoms with van der Waals surface area (Å²) in [4.78, 5) is 4.26. The molecule has 7 heteroatoms. The van der Waals surface area contributed by atoms with Gasteiger partial charge < -0.3 is 10.3 Å². The monoisotopic (exact) mass is 290 g/mol. The molecule has 0 aliphatic carbocycles. The second-order valence-corrected chi connectivity index (χ2v) is 5.30. The molecule has 0 saturated carbocycles. The Morgan fingerprint density at radius 2 is 2.10 bits per heavy atom. The Bertz CT molecular complexity index is 634. The van der Waals surface area contributed by atoms with Crippen LogP contribution in [0.5, 0.6) is 0 Å². The highest BCUT2D eigenvalue weighted by Crippen LogP contribution is 2.29. The molecule has 0 bridgehead atoms. The van der Waals surface area contributed by atoms with Crippen molar-refractivity contribution in [1.29, 1.82) is 5.41 Å². The summed E-state index contributed by atoms with van der Waals surface area (Å²) >= 11 is 1.38. The zero-order valence-electron chi connectivity index (χ0n) is 11.8. The highest BCUT2D eigenvalue weighted by atomic mass is 32.2. The average molecular weight is 290 g/mol. The minimum atomic E-state index is 0.0307. The van der Waals surface area contributed by atoms with Gasteiger partial charge in [-0.3, -0.25) is 5.41 Å². The summed E-state index contributed by atoms with van der Waals surface area (Å²) in [5, 5.41) is 17.8. The van der Waals surface area contributed by atoms with Gasteiger partial charge in [-0.25, -0.2) is 4.98 Å². The zero-order chi connectivity index (χ0) is 14.7. The summed E-state index contributed by atoms with van der Waals surface area (Å²) in [6, 6.07) is 0. The molecule has 0 fully saturated rings. The SMILES string of the molecule is CCc1nnc(Sc2nccn2C)c(C(=N)N)c1CC. The van der Waals surface area contributed by atoms with Crippen LogP contribution in [0.2, 0.25) is 0 Å². The maximum absolute atomic E-state index is 7.84. The second kappa shape index (κ2) is 6.04. The number of rotatable bonds is 5. The lowest BCUT2D eigenvalue weighted by Gasteiger charge is -2.13. The first-order valence-electron chi connectivity index (χ1n) is 6.46. The number of nitrogens with one attached hydrogen (secondary N) is 1. The van der Waals surface area contributed by atoms with E-state index in [1.54, 1.807) is 6.20 Å². The molecule has 0 radical (unpaired) electrons. The van der Waals surface area contributed by atoms with Gasteiger partial charge in [-0.05, 0) is 30.2 Å². The van der Waals surface area contributed by atoms with Crippen LogP contribution in [0.3, 0.4) is 0 Å². The number of imidazole rings is 1. The summed E-state index contributed by atoms with van der Waals surface area (Å²) in [6.45, 7) is 4.07. The predicted octanol–water partition coefficient (Wildman–Crippen LogP) is 1.77. The van der Waals surface area contributed by atoms with E-state index in [1.165, 1.54) is 11.8 Å². The maximum Gasteiger partial charge on any atom is 0.174 e. The van der Waals surface area contributed by atoms with Crippen LogP contribution in [0.4, 0.5) is 0 Å². The van der Waals surface area contributed by atoms with E-state index >= 15 is 0 Å². The number of nitrogens with two attached hydrogens (primary N) is 1. The van der Waals surface area contributed by atoms with Gasteiger partial charge in [-0.2, -0.15) is 5.10 Å². The Kier molecular flexibility index (Phi) is 4.39. The Balaban J connectivity index is 2.53. The van der Waals surface area contributed by atoms with Gasteiger partial charge in [0.2, 0.25) is 0 Å². The molecule has 0 atom stereocenters. The Hall–Kier alpha value is -1.89. The molecule has 6 nitrogen and oxygen atoms in total. The van der Waals surface area contributed by atoms with Gasteiger partial charge in [-0.15, -0.1) is 5.10 Å². The van der Waals surface area contributed by atoms with Gasteiger partial charge in [0.05, 0.1) is 11.3 Å². The third-order valence-corrected chi connectivity index (χ3v) is 4.10. The third-order valence-electron chi connectivity index (χ3n) is 3.05. The molecule has 3 N–H and O–H groups in total. The van der Waals surface area contributed by atoms with Crippen molar-refractivity contribution in [1.82, 2.24) is 19.7 Å². The fourth-order valence-corrected chi connectivity index (χ4v) is 2.95. The Labute approximate surface area is 122 Å².